The molecule has 2 aromatic heterocycles. The lowest BCUT2D eigenvalue weighted by Gasteiger charge is -2.18. The van der Waals surface area contributed by atoms with Crippen molar-refractivity contribution in [1.82, 2.24) is 19.5 Å². The predicted molar refractivity (Wildman–Crippen MR) is 110 cm³/mol. The van der Waals surface area contributed by atoms with E-state index < -0.39 is 0 Å². The summed E-state index contributed by atoms with van der Waals surface area (Å²) in [7, 11) is 3.54. The van der Waals surface area contributed by atoms with E-state index in [9.17, 15) is 4.79 Å². The maximum Gasteiger partial charge on any atom is 0.246 e. The van der Waals surface area contributed by atoms with Gasteiger partial charge in [0.15, 0.2) is 11.5 Å². The smallest absolute Gasteiger partial charge is 0.246 e. The molecule has 140 valence electrons. The van der Waals surface area contributed by atoms with E-state index >= 15 is 0 Å². The molecular formula is C21H20N6O. The fourth-order valence-electron chi connectivity index (χ4n) is 3.02. The number of fused-ring (bicyclic) bond motifs is 1. The van der Waals surface area contributed by atoms with Gasteiger partial charge in [-0.2, -0.15) is 0 Å². The Bertz CT molecular complexity index is 1110. The van der Waals surface area contributed by atoms with Crippen LogP contribution in [-0.2, 0) is 11.3 Å². The summed E-state index contributed by atoms with van der Waals surface area (Å²) in [5.74, 6) is 1.10. The van der Waals surface area contributed by atoms with Gasteiger partial charge in [-0.3, -0.25) is 9.36 Å². The fourth-order valence-corrected chi connectivity index (χ4v) is 3.02. The summed E-state index contributed by atoms with van der Waals surface area (Å²) in [4.78, 5) is 28.1. The first kappa shape index (κ1) is 17.7. The molecule has 0 fully saturated rings. The first-order valence-corrected chi connectivity index (χ1v) is 8.95. The van der Waals surface area contributed by atoms with Crippen LogP contribution in [0, 0.1) is 0 Å². The monoisotopic (exact) mass is 372 g/mol. The molecule has 7 nitrogen and oxygen atoms in total. The average molecular weight is 372 g/mol. The summed E-state index contributed by atoms with van der Waals surface area (Å²) in [5.41, 5.74) is 3.01. The van der Waals surface area contributed by atoms with Crippen LogP contribution >= 0.6 is 0 Å². The van der Waals surface area contributed by atoms with E-state index in [0.717, 1.165) is 11.3 Å². The number of imidazole rings is 1. The molecule has 0 aliphatic heterocycles. The molecule has 0 unspecified atom stereocenters. The summed E-state index contributed by atoms with van der Waals surface area (Å²) in [6.45, 7) is 0.114. The number of hydrogen-bond acceptors (Lipinski definition) is 5. The van der Waals surface area contributed by atoms with Crippen LogP contribution in [0.15, 0.2) is 66.9 Å². The van der Waals surface area contributed by atoms with Gasteiger partial charge in [0.25, 0.3) is 0 Å². The Kier molecular flexibility index (Phi) is 4.72. The molecule has 1 amide bonds. The Morgan fingerprint density at radius 3 is 2.39 bits per heavy atom. The summed E-state index contributed by atoms with van der Waals surface area (Å²) in [5, 5.41) is 3.04. The number of carbonyl (C=O) groups is 1. The van der Waals surface area contributed by atoms with Crippen molar-refractivity contribution in [3.63, 3.8) is 0 Å². The number of likely N-dealkylation sites (N-methyl/N-ethyl adjacent to an activating group) is 1. The number of carbonyl (C=O) groups excluding carboxylic acids is 1. The van der Waals surface area contributed by atoms with E-state index in [4.69, 9.17) is 0 Å². The molecule has 0 saturated carbocycles. The lowest BCUT2D eigenvalue weighted by atomic mass is 10.2. The molecule has 0 bridgehead atoms. The third-order valence-electron chi connectivity index (χ3n) is 4.55. The molecule has 1 N–H and O–H groups in total. The minimum atomic E-state index is -0.0677. The van der Waals surface area contributed by atoms with Crippen molar-refractivity contribution in [2.75, 3.05) is 24.3 Å². The number of rotatable bonds is 5. The molecule has 4 aromatic rings. The van der Waals surface area contributed by atoms with Crippen LogP contribution in [0.3, 0.4) is 0 Å². The summed E-state index contributed by atoms with van der Waals surface area (Å²) >= 11 is 0. The van der Waals surface area contributed by atoms with Crippen molar-refractivity contribution in [1.29, 1.82) is 0 Å². The van der Waals surface area contributed by atoms with Gasteiger partial charge in [-0.25, -0.2) is 15.0 Å². The molecule has 0 atom stereocenters. The number of anilines is 2. The van der Waals surface area contributed by atoms with Gasteiger partial charge in [-0.15, -0.1) is 0 Å². The maximum absolute atomic E-state index is 12.9. The van der Waals surface area contributed by atoms with E-state index in [0.29, 0.717) is 22.9 Å². The van der Waals surface area contributed by atoms with Gasteiger partial charge in [0, 0.05) is 25.3 Å². The Labute approximate surface area is 162 Å². The lowest BCUT2D eigenvalue weighted by Crippen LogP contribution is -2.30. The number of aromatic nitrogens is 4. The SMILES string of the molecule is CNc1nc2cnc(-c3ccccc3)nc2n1CC(=O)N(C)c1ccccc1. The van der Waals surface area contributed by atoms with Gasteiger partial charge in [0.05, 0.1) is 6.20 Å². The second kappa shape index (κ2) is 7.48. The second-order valence-electron chi connectivity index (χ2n) is 6.33. The zero-order valence-electron chi connectivity index (χ0n) is 15.7. The first-order chi connectivity index (χ1) is 13.7. The summed E-state index contributed by atoms with van der Waals surface area (Å²) in [6, 6.07) is 19.3. The molecule has 0 spiro atoms. The van der Waals surface area contributed by atoms with Gasteiger partial charge in [0.1, 0.15) is 12.1 Å². The highest BCUT2D eigenvalue weighted by molar-refractivity contribution is 5.93. The van der Waals surface area contributed by atoms with Gasteiger partial charge in [0.2, 0.25) is 11.9 Å². The van der Waals surface area contributed by atoms with Gasteiger partial charge in [-0.1, -0.05) is 48.5 Å². The highest BCUT2D eigenvalue weighted by Crippen LogP contribution is 2.22. The topological polar surface area (TPSA) is 75.9 Å². The Morgan fingerprint density at radius 1 is 1.04 bits per heavy atom. The lowest BCUT2D eigenvalue weighted by molar-refractivity contribution is -0.118. The fraction of sp³-hybridized carbons (Fsp3) is 0.143. The van der Waals surface area contributed by atoms with Crippen LogP contribution in [0.1, 0.15) is 0 Å². The Morgan fingerprint density at radius 2 is 1.71 bits per heavy atom. The number of benzene rings is 2. The molecule has 4 rings (SSSR count). The minimum absolute atomic E-state index is 0.0677. The largest absolute Gasteiger partial charge is 0.359 e. The van der Waals surface area contributed by atoms with Crippen molar-refractivity contribution in [3.8, 4) is 11.4 Å². The number of para-hydroxylation sites is 1. The highest BCUT2D eigenvalue weighted by Gasteiger charge is 2.18. The zero-order valence-corrected chi connectivity index (χ0v) is 15.7. The normalized spacial score (nSPS) is 10.8. The molecule has 7 heteroatoms. The molecule has 0 saturated heterocycles. The molecule has 0 aliphatic carbocycles. The summed E-state index contributed by atoms with van der Waals surface area (Å²) < 4.78 is 1.78. The number of hydrogen-bond donors (Lipinski definition) is 1. The first-order valence-electron chi connectivity index (χ1n) is 8.95. The quantitative estimate of drug-likeness (QED) is 0.582. The van der Waals surface area contributed by atoms with Crippen molar-refractivity contribution in [2.45, 2.75) is 6.54 Å². The van der Waals surface area contributed by atoms with Gasteiger partial charge in [-0.05, 0) is 12.1 Å². The van der Waals surface area contributed by atoms with Crippen molar-refractivity contribution < 1.29 is 4.79 Å². The van der Waals surface area contributed by atoms with Crippen LogP contribution in [0.25, 0.3) is 22.6 Å². The molecule has 0 aliphatic rings. The van der Waals surface area contributed by atoms with E-state index in [1.165, 1.54) is 0 Å². The average Bonchev–Trinajstić information content (AvgIpc) is 3.11. The molecule has 28 heavy (non-hydrogen) atoms. The van der Waals surface area contributed by atoms with Crippen molar-refractivity contribution in [2.24, 2.45) is 0 Å². The standard InChI is InChI=1S/C21H20N6O/c1-22-21-24-17-13-23-19(15-9-5-3-6-10-15)25-20(17)27(21)14-18(28)26(2)16-11-7-4-8-12-16/h3-13H,14H2,1-2H3,(H,22,24). The third kappa shape index (κ3) is 3.29. The van der Waals surface area contributed by atoms with Crippen LogP contribution in [0.4, 0.5) is 11.6 Å². The van der Waals surface area contributed by atoms with Gasteiger partial charge >= 0.3 is 0 Å². The van der Waals surface area contributed by atoms with E-state index in [2.05, 4.69) is 20.3 Å². The maximum atomic E-state index is 12.9. The number of amides is 1. The molecular weight excluding hydrogens is 352 g/mol. The molecule has 0 radical (unpaired) electrons. The predicted octanol–water partition coefficient (Wildman–Crippen LogP) is 3.20. The zero-order chi connectivity index (χ0) is 19.5. The van der Waals surface area contributed by atoms with Crippen LogP contribution < -0.4 is 10.2 Å². The van der Waals surface area contributed by atoms with Crippen molar-refractivity contribution in [3.05, 3.63) is 66.9 Å². The second-order valence-corrected chi connectivity index (χ2v) is 6.33. The molecule has 2 aromatic carbocycles. The van der Waals surface area contributed by atoms with E-state index in [1.54, 1.807) is 29.8 Å². The third-order valence-corrected chi connectivity index (χ3v) is 4.55. The highest BCUT2D eigenvalue weighted by atomic mass is 16.2. The number of nitrogens with one attached hydrogen (secondary N) is 1. The van der Waals surface area contributed by atoms with Crippen LogP contribution in [0.2, 0.25) is 0 Å². The van der Waals surface area contributed by atoms with Gasteiger partial charge < -0.3 is 10.2 Å². The Hall–Kier alpha value is -3.74. The minimum Gasteiger partial charge on any atom is -0.359 e. The van der Waals surface area contributed by atoms with E-state index in [-0.39, 0.29) is 12.5 Å². The Balaban J connectivity index is 1.72. The van der Waals surface area contributed by atoms with Crippen LogP contribution in [-0.4, -0.2) is 39.5 Å². The summed E-state index contributed by atoms with van der Waals surface area (Å²) in [6.07, 6.45) is 1.69. The van der Waals surface area contributed by atoms with Crippen LogP contribution in [0.5, 0.6) is 0 Å². The molecule has 2 heterocycles. The number of nitrogens with zero attached hydrogens (tertiary/aromatic N) is 5. The van der Waals surface area contributed by atoms with Crippen molar-refractivity contribution >= 4 is 28.7 Å². The van der Waals surface area contributed by atoms with E-state index in [1.807, 2.05) is 60.7 Å².